The zero-order chi connectivity index (χ0) is 20.8. The molecule has 7 rings (SSSR count). The largest absolute Gasteiger partial charge is 0.310 e. The quantitative estimate of drug-likeness (QED) is 0.797. The number of fused-ring (bicyclic) bond motifs is 1. The topological polar surface area (TPSA) is 71.0 Å². The molecule has 5 aliphatic rings. The monoisotopic (exact) mass is 417 g/mol. The lowest BCUT2D eigenvalue weighted by molar-refractivity contribution is -0.124. The van der Waals surface area contributed by atoms with E-state index >= 15 is 0 Å². The van der Waals surface area contributed by atoms with Crippen molar-refractivity contribution in [3.8, 4) is 0 Å². The van der Waals surface area contributed by atoms with Gasteiger partial charge >= 0.3 is 0 Å². The fourth-order valence-electron chi connectivity index (χ4n) is 7.42. The van der Waals surface area contributed by atoms with Crippen LogP contribution in [0.3, 0.4) is 0 Å². The van der Waals surface area contributed by atoms with Crippen LogP contribution in [0.15, 0.2) is 30.9 Å². The van der Waals surface area contributed by atoms with Crippen LogP contribution in [-0.4, -0.2) is 32.3 Å². The summed E-state index contributed by atoms with van der Waals surface area (Å²) >= 11 is 0. The molecule has 4 fully saturated rings. The molecule has 1 aliphatic heterocycles. The molecule has 2 aromatic heterocycles. The van der Waals surface area contributed by atoms with Crippen molar-refractivity contribution in [2.24, 2.45) is 23.2 Å². The van der Waals surface area contributed by atoms with E-state index in [2.05, 4.69) is 37.3 Å². The third-order valence-electron chi connectivity index (χ3n) is 8.20. The van der Waals surface area contributed by atoms with Crippen LogP contribution >= 0.6 is 0 Å². The van der Waals surface area contributed by atoms with Gasteiger partial charge in [0.05, 0.1) is 5.69 Å². The van der Waals surface area contributed by atoms with Crippen LogP contribution in [0.25, 0.3) is 0 Å². The van der Waals surface area contributed by atoms with Gasteiger partial charge in [-0.15, -0.1) is 0 Å². The Morgan fingerprint density at radius 2 is 1.77 bits per heavy atom. The average molecular weight is 418 g/mol. The fraction of sp³-hybridized carbons (Fsp3) is 0.600. The van der Waals surface area contributed by atoms with Crippen molar-refractivity contribution in [2.45, 2.75) is 64.5 Å². The molecule has 0 aromatic carbocycles. The summed E-state index contributed by atoms with van der Waals surface area (Å²) in [6.45, 7) is 2.62. The molecule has 6 heteroatoms. The summed E-state index contributed by atoms with van der Waals surface area (Å²) in [5.41, 5.74) is 3.68. The maximum Gasteiger partial charge on any atom is 0.226 e. The summed E-state index contributed by atoms with van der Waals surface area (Å²) in [6, 6.07) is 4.12. The number of nitrogens with zero attached hydrogens (tertiary/aromatic N) is 4. The lowest BCUT2D eigenvalue weighted by Gasteiger charge is -2.56. The molecule has 2 aromatic rings. The lowest BCUT2D eigenvalue weighted by atomic mass is 9.49. The highest BCUT2D eigenvalue weighted by Crippen LogP contribution is 2.61. The van der Waals surface area contributed by atoms with Crippen LogP contribution in [-0.2, 0) is 24.3 Å². The maximum absolute atomic E-state index is 13.1. The van der Waals surface area contributed by atoms with Gasteiger partial charge in [-0.3, -0.25) is 14.7 Å². The summed E-state index contributed by atoms with van der Waals surface area (Å²) in [7, 11) is 0. The highest BCUT2D eigenvalue weighted by molar-refractivity contribution is 5.91. The van der Waals surface area contributed by atoms with Gasteiger partial charge in [0.25, 0.3) is 0 Å². The first-order chi connectivity index (χ1) is 15.1. The first kappa shape index (κ1) is 19.4. The standard InChI is InChI=1S/C25H31N5O/c31-23(13-25-10-18-7-19(11-25)9-20(8-18)12-25)29-24-21-3-6-30(15-22(21)27-16-28-24)14-17-1-4-26-5-2-17/h1-2,4-5,16,18-20H,3,6-15H2,(H,27,28,29,31). The Hall–Kier alpha value is -2.34. The van der Waals surface area contributed by atoms with Crippen molar-refractivity contribution in [1.29, 1.82) is 0 Å². The van der Waals surface area contributed by atoms with Gasteiger partial charge in [0, 0.05) is 44.0 Å². The van der Waals surface area contributed by atoms with Crippen LogP contribution in [0.1, 0.15) is 61.8 Å². The minimum atomic E-state index is 0.155. The third-order valence-corrected chi connectivity index (χ3v) is 8.20. The van der Waals surface area contributed by atoms with Crippen LogP contribution in [0.5, 0.6) is 0 Å². The SMILES string of the molecule is O=C(CC12CC3CC(CC(C3)C1)C2)Nc1ncnc2c1CCN(Cc1ccncc1)C2. The minimum Gasteiger partial charge on any atom is -0.310 e. The third kappa shape index (κ3) is 3.86. The van der Waals surface area contributed by atoms with E-state index in [1.54, 1.807) is 6.33 Å². The van der Waals surface area contributed by atoms with Crippen molar-refractivity contribution in [1.82, 2.24) is 19.9 Å². The summed E-state index contributed by atoms with van der Waals surface area (Å²) in [5, 5.41) is 3.19. The van der Waals surface area contributed by atoms with E-state index in [0.29, 0.717) is 6.42 Å². The molecule has 0 spiro atoms. The van der Waals surface area contributed by atoms with Gasteiger partial charge in [-0.25, -0.2) is 9.97 Å². The van der Waals surface area contributed by atoms with Crippen molar-refractivity contribution >= 4 is 11.7 Å². The van der Waals surface area contributed by atoms with Gasteiger partial charge in [-0.1, -0.05) is 0 Å². The summed E-state index contributed by atoms with van der Waals surface area (Å²) in [6.07, 6.45) is 14.9. The predicted octanol–water partition coefficient (Wildman–Crippen LogP) is 3.97. The number of hydrogen-bond acceptors (Lipinski definition) is 5. The molecule has 0 radical (unpaired) electrons. The van der Waals surface area contributed by atoms with E-state index in [1.807, 2.05) is 12.4 Å². The number of nitrogens with one attached hydrogen (secondary N) is 1. The smallest absolute Gasteiger partial charge is 0.226 e. The molecule has 1 N–H and O–H groups in total. The van der Waals surface area contributed by atoms with Crippen molar-refractivity contribution in [3.05, 3.63) is 47.7 Å². The highest BCUT2D eigenvalue weighted by atomic mass is 16.1. The molecule has 4 saturated carbocycles. The zero-order valence-electron chi connectivity index (χ0n) is 18.1. The van der Waals surface area contributed by atoms with E-state index in [1.165, 1.54) is 44.1 Å². The van der Waals surface area contributed by atoms with Gasteiger partial charge in [-0.2, -0.15) is 0 Å². The number of rotatable bonds is 5. The molecule has 162 valence electrons. The Balaban J connectivity index is 1.13. The summed E-state index contributed by atoms with van der Waals surface area (Å²) < 4.78 is 0. The second kappa shape index (κ2) is 7.66. The Labute approximate surface area is 183 Å². The second-order valence-corrected chi connectivity index (χ2v) is 10.6. The zero-order valence-corrected chi connectivity index (χ0v) is 18.1. The van der Waals surface area contributed by atoms with E-state index in [4.69, 9.17) is 0 Å². The molecule has 1 amide bonds. The molecule has 4 aliphatic carbocycles. The summed E-state index contributed by atoms with van der Waals surface area (Å²) in [4.78, 5) is 28.6. The molecule has 0 unspecified atom stereocenters. The molecule has 6 nitrogen and oxygen atoms in total. The van der Waals surface area contributed by atoms with E-state index in [0.717, 1.165) is 60.9 Å². The molecule has 0 atom stereocenters. The number of hydrogen-bond donors (Lipinski definition) is 1. The number of amides is 1. The highest BCUT2D eigenvalue weighted by Gasteiger charge is 2.51. The van der Waals surface area contributed by atoms with Gasteiger partial charge in [-0.05, 0) is 85.8 Å². The van der Waals surface area contributed by atoms with Crippen LogP contribution in [0, 0.1) is 23.2 Å². The van der Waals surface area contributed by atoms with E-state index in [9.17, 15) is 4.79 Å². The number of aromatic nitrogens is 3. The number of pyridine rings is 1. The Kier molecular flexibility index (Phi) is 4.78. The second-order valence-electron chi connectivity index (χ2n) is 10.6. The van der Waals surface area contributed by atoms with Crippen LogP contribution in [0.2, 0.25) is 0 Å². The van der Waals surface area contributed by atoms with Crippen molar-refractivity contribution in [2.75, 3.05) is 11.9 Å². The normalized spacial score (nSPS) is 31.4. The Morgan fingerprint density at radius 3 is 2.48 bits per heavy atom. The van der Waals surface area contributed by atoms with E-state index < -0.39 is 0 Å². The van der Waals surface area contributed by atoms with Crippen LogP contribution in [0.4, 0.5) is 5.82 Å². The van der Waals surface area contributed by atoms with Gasteiger partial charge < -0.3 is 5.32 Å². The van der Waals surface area contributed by atoms with Crippen molar-refractivity contribution in [3.63, 3.8) is 0 Å². The number of carbonyl (C=O) groups excluding carboxylic acids is 1. The first-order valence-corrected chi connectivity index (χ1v) is 11.9. The number of carbonyl (C=O) groups is 1. The fourth-order valence-corrected chi connectivity index (χ4v) is 7.42. The lowest BCUT2D eigenvalue weighted by Crippen LogP contribution is -2.47. The molecule has 4 bridgehead atoms. The minimum absolute atomic E-state index is 0.155. The van der Waals surface area contributed by atoms with Gasteiger partial charge in [0.1, 0.15) is 12.1 Å². The van der Waals surface area contributed by atoms with Gasteiger partial charge in [0.15, 0.2) is 0 Å². The van der Waals surface area contributed by atoms with E-state index in [-0.39, 0.29) is 11.3 Å². The van der Waals surface area contributed by atoms with Crippen LogP contribution < -0.4 is 5.32 Å². The average Bonchev–Trinajstić information content (AvgIpc) is 2.73. The molecule has 3 heterocycles. The molecular weight excluding hydrogens is 386 g/mol. The van der Waals surface area contributed by atoms with Crippen molar-refractivity contribution < 1.29 is 4.79 Å². The molecular formula is C25H31N5O. The molecule has 31 heavy (non-hydrogen) atoms. The Bertz CT molecular complexity index is 940. The first-order valence-electron chi connectivity index (χ1n) is 11.9. The van der Waals surface area contributed by atoms with Gasteiger partial charge in [0.2, 0.25) is 5.91 Å². The Morgan fingerprint density at radius 1 is 1.06 bits per heavy atom. The number of anilines is 1. The summed E-state index contributed by atoms with van der Waals surface area (Å²) in [5.74, 6) is 3.51. The maximum atomic E-state index is 13.1. The molecule has 0 saturated heterocycles. The predicted molar refractivity (Wildman–Crippen MR) is 118 cm³/mol.